The van der Waals surface area contributed by atoms with Crippen molar-refractivity contribution in [2.45, 2.75) is 298 Å². The highest BCUT2D eigenvalue weighted by atomic mass is 16.8. The maximum absolute atomic E-state index is 12.8. The monoisotopic (exact) mass is 1280 g/mol. The van der Waals surface area contributed by atoms with Crippen molar-refractivity contribution in [3.63, 3.8) is 0 Å². The van der Waals surface area contributed by atoms with Gasteiger partial charge in [-0.2, -0.15) is 0 Å². The molecule has 3 unspecified atom stereocenters. The van der Waals surface area contributed by atoms with Gasteiger partial charge in [0.25, 0.3) is 0 Å². The van der Waals surface area contributed by atoms with Crippen LogP contribution in [0.25, 0.3) is 0 Å². The van der Waals surface area contributed by atoms with E-state index in [9.17, 15) is 91.9 Å². The number of aliphatic hydroxyl groups is 18. The van der Waals surface area contributed by atoms with Gasteiger partial charge in [-0.1, -0.05) is 60.1 Å². The van der Waals surface area contributed by atoms with Gasteiger partial charge in [-0.3, -0.25) is 0 Å². The van der Waals surface area contributed by atoms with Gasteiger partial charge in [-0.05, 0) is 106 Å². The minimum Gasteiger partial charge on any atom is -0.394 e. The largest absolute Gasteiger partial charge is 0.394 e. The number of allylic oxidation sites excluding steroid dienone is 1. The second kappa shape index (κ2) is 27.6. The minimum absolute atomic E-state index is 0.00551. The summed E-state index contributed by atoms with van der Waals surface area (Å²) in [6.45, 7) is 15.0. The molecule has 5 aliphatic heterocycles. The molecule has 28 heteroatoms. The van der Waals surface area contributed by atoms with Crippen LogP contribution in [0.5, 0.6) is 0 Å². The van der Waals surface area contributed by atoms with Crippen molar-refractivity contribution >= 4 is 0 Å². The highest BCUT2D eigenvalue weighted by molar-refractivity contribution is 5.32. The quantitative estimate of drug-likeness (QED) is 0.0517. The van der Waals surface area contributed by atoms with E-state index in [0.717, 1.165) is 18.4 Å². The molecule has 89 heavy (non-hydrogen) atoms. The fraction of sp³-hybridized carbons (Fsp3) is 0.967. The Kier molecular flexibility index (Phi) is 22.3. The molecule has 0 amide bonds. The van der Waals surface area contributed by atoms with Gasteiger partial charge in [0.05, 0.1) is 56.4 Å². The van der Waals surface area contributed by atoms with Crippen molar-refractivity contribution in [2.24, 2.45) is 45.3 Å². The zero-order valence-corrected chi connectivity index (χ0v) is 52.4. The van der Waals surface area contributed by atoms with Crippen LogP contribution >= 0.6 is 0 Å². The third kappa shape index (κ3) is 13.0. The molecule has 0 bridgehead atoms. The summed E-state index contributed by atoms with van der Waals surface area (Å²) in [7, 11) is 0. The van der Waals surface area contributed by atoms with Gasteiger partial charge in [0.2, 0.25) is 0 Å². The van der Waals surface area contributed by atoms with Crippen LogP contribution in [0.1, 0.15) is 120 Å². The highest BCUT2D eigenvalue weighted by Gasteiger charge is 2.70. The Morgan fingerprint density at radius 1 is 0.539 bits per heavy atom. The lowest BCUT2D eigenvalue weighted by atomic mass is 9.38. The molecule has 0 aromatic rings. The molecule has 0 spiro atoms. The van der Waals surface area contributed by atoms with Gasteiger partial charge >= 0.3 is 0 Å². The Labute approximate surface area is 518 Å². The minimum atomic E-state index is -1.97. The number of hydrogen-bond acceptors (Lipinski definition) is 28. The maximum atomic E-state index is 12.8. The van der Waals surface area contributed by atoms with Gasteiger partial charge in [-0.15, -0.1) is 0 Å². The predicted octanol–water partition coefficient (Wildman–Crippen LogP) is -3.99. The van der Waals surface area contributed by atoms with E-state index in [-0.39, 0.29) is 47.3 Å². The zero-order chi connectivity index (χ0) is 65.5. The molecule has 9 rings (SSSR count). The van der Waals surface area contributed by atoms with Crippen LogP contribution < -0.4 is 0 Å². The Morgan fingerprint density at radius 3 is 1.63 bits per heavy atom. The molecular formula is C61H104O28. The smallest absolute Gasteiger partial charge is 0.187 e. The van der Waals surface area contributed by atoms with E-state index < -0.39 is 215 Å². The summed E-state index contributed by atoms with van der Waals surface area (Å²) in [5.74, 6) is 0.0758. The number of rotatable bonds is 20. The fourth-order valence-corrected chi connectivity index (χ4v) is 17.3. The summed E-state index contributed by atoms with van der Waals surface area (Å²) in [6.07, 6.45) is -36.0. The molecule has 0 aromatic carbocycles. The third-order valence-electron chi connectivity index (χ3n) is 23.1. The van der Waals surface area contributed by atoms with Crippen LogP contribution in [0, 0.1) is 45.3 Å². The van der Waals surface area contributed by atoms with E-state index >= 15 is 0 Å². The topological polar surface area (TPSA) is 456 Å². The van der Waals surface area contributed by atoms with E-state index in [0.29, 0.717) is 32.1 Å². The normalized spacial score (nSPS) is 51.8. The maximum Gasteiger partial charge on any atom is 0.187 e. The van der Waals surface area contributed by atoms with E-state index in [4.69, 9.17) is 47.4 Å². The Morgan fingerprint density at radius 2 is 1.03 bits per heavy atom. The molecule has 3 saturated carbocycles. The average Bonchev–Trinajstić information content (AvgIpc) is 1.67. The van der Waals surface area contributed by atoms with Crippen LogP contribution in [0.4, 0.5) is 0 Å². The Balaban J connectivity index is 0.867. The molecule has 28 nitrogen and oxygen atoms in total. The molecule has 18 N–H and O–H groups in total. The second-order valence-corrected chi connectivity index (χ2v) is 28.9. The van der Waals surface area contributed by atoms with Crippen molar-refractivity contribution in [1.29, 1.82) is 0 Å². The SMILES string of the molecule is CC[C@@H]1O[C@H](O[C@H]2[C@H](O)[C@@H](O[C@H]3[C@H](O[C@H](CC[C@@H](C)C4CC[C@@]5(C)C6CC=C7C(CC[C@H](O[C@@H]8O[C@H](CO[C@@H]9O[C@H](CO)[C@@H](O)[C@H](O)[C@H]9O)[C@@H](O)[C@H](O)[C@H]8O)C7(C)C)[C@]6(C)[C@H](O)C[C@]45C)C(C)(C)O)O[C@H](CO)[C@@H](O)[C@@H]3O)O[C@@H](CO)[C@@H]2O)[C@@H](O)[C@H](O)[C@H]1O. The van der Waals surface area contributed by atoms with Crippen LogP contribution in [-0.4, -0.2) is 296 Å². The van der Waals surface area contributed by atoms with E-state index in [1.807, 2.05) is 13.8 Å². The molecule has 8 fully saturated rings. The van der Waals surface area contributed by atoms with Gasteiger partial charge in [0.1, 0.15) is 116 Å². The summed E-state index contributed by atoms with van der Waals surface area (Å²) in [4.78, 5) is 0. The van der Waals surface area contributed by atoms with Crippen molar-refractivity contribution in [2.75, 3.05) is 26.4 Å². The Bertz CT molecular complexity index is 2350. The van der Waals surface area contributed by atoms with Crippen molar-refractivity contribution < 1.29 is 139 Å². The van der Waals surface area contributed by atoms with Gasteiger partial charge in [-0.25, -0.2) is 0 Å². The fourth-order valence-electron chi connectivity index (χ4n) is 17.3. The molecule has 0 radical (unpaired) electrons. The van der Waals surface area contributed by atoms with Gasteiger partial charge < -0.3 is 139 Å². The lowest BCUT2D eigenvalue weighted by Crippen LogP contribution is -2.67. The predicted molar refractivity (Wildman–Crippen MR) is 303 cm³/mol. The molecule has 4 aliphatic carbocycles. The van der Waals surface area contributed by atoms with Crippen molar-refractivity contribution in [3.8, 4) is 0 Å². The second-order valence-electron chi connectivity index (χ2n) is 28.9. The van der Waals surface area contributed by atoms with E-state index in [1.54, 1.807) is 6.92 Å². The first kappa shape index (κ1) is 71.9. The van der Waals surface area contributed by atoms with E-state index in [1.165, 1.54) is 13.8 Å². The third-order valence-corrected chi connectivity index (χ3v) is 23.1. The first-order valence-corrected chi connectivity index (χ1v) is 32.0. The molecule has 5 saturated heterocycles. The summed E-state index contributed by atoms with van der Waals surface area (Å²) in [5.41, 5.74) is -2.35. The Hall–Kier alpha value is -1.38. The highest BCUT2D eigenvalue weighted by Crippen LogP contribution is 2.75. The standard InChI is InChI=1S/C61H104O28/c1-10-28-37(66)42(71)48(77)54(81-28)88-50-41(70)31(22-64)83-55(49(50)78)89-51-45(74)39(68)30(21-63)84-56(51)87-36(58(5,6)79)15-11-24(2)25-17-18-59(7)33-14-12-26-27(61(33,9)34(65)19-60(25,59)8)13-16-35(57(26,3)4)86-53-47(76)44(73)40(69)32(85-53)23-80-52-46(75)43(72)38(67)29(20-62)82-52/h12,24-25,27-56,62-79H,10-11,13-23H2,1-9H3/t24-,25?,27?,28+,29-,30-,31+,32-,33?,34-,35+,36-,37+,38-,39-,40-,41+,42-,43+,44+,45+,46-,47-,48+,49+,50-,51-,52-,53+,54-,55-,56+,59+,60-,61+/m1/s1. The van der Waals surface area contributed by atoms with E-state index in [2.05, 4.69) is 33.8 Å². The van der Waals surface area contributed by atoms with Crippen LogP contribution in [0.15, 0.2) is 11.6 Å². The number of hydrogen-bond donors (Lipinski definition) is 18. The molecule has 516 valence electrons. The molecular weight excluding hydrogens is 1180 g/mol. The molecule has 5 heterocycles. The first-order chi connectivity index (χ1) is 41.7. The number of fused-ring (bicyclic) bond motifs is 5. The summed E-state index contributed by atoms with van der Waals surface area (Å²) in [5, 5.41) is 197. The average molecular weight is 1290 g/mol. The first-order valence-electron chi connectivity index (χ1n) is 32.0. The van der Waals surface area contributed by atoms with Crippen molar-refractivity contribution in [1.82, 2.24) is 0 Å². The van der Waals surface area contributed by atoms with Crippen LogP contribution in [0.2, 0.25) is 0 Å². The summed E-state index contributed by atoms with van der Waals surface area (Å²) >= 11 is 0. The van der Waals surface area contributed by atoms with Crippen molar-refractivity contribution in [3.05, 3.63) is 11.6 Å². The number of ether oxygens (including phenoxy) is 10. The summed E-state index contributed by atoms with van der Waals surface area (Å²) in [6, 6.07) is 0. The lowest BCUT2D eigenvalue weighted by molar-refractivity contribution is -0.389. The van der Waals surface area contributed by atoms with Gasteiger partial charge in [0, 0.05) is 10.8 Å². The molecule has 9 aliphatic rings. The molecule has 35 atom stereocenters. The summed E-state index contributed by atoms with van der Waals surface area (Å²) < 4.78 is 59.8. The van der Waals surface area contributed by atoms with Crippen LogP contribution in [0.3, 0.4) is 0 Å². The lowest BCUT2D eigenvalue weighted by Gasteiger charge is -2.67. The van der Waals surface area contributed by atoms with Crippen LogP contribution in [-0.2, 0) is 47.4 Å². The van der Waals surface area contributed by atoms with Gasteiger partial charge in [0.15, 0.2) is 31.5 Å². The molecule has 0 aromatic heterocycles. The number of aliphatic hydroxyl groups excluding tert-OH is 17. The zero-order valence-electron chi connectivity index (χ0n) is 52.4.